The molecule has 0 bridgehead atoms. The molecule has 1 rings (SSSR count). The van der Waals surface area contributed by atoms with Gasteiger partial charge >= 0.3 is 6.18 Å². The summed E-state index contributed by atoms with van der Waals surface area (Å²) in [5.41, 5.74) is 1.25. The van der Waals surface area contributed by atoms with E-state index in [4.69, 9.17) is 4.74 Å². The van der Waals surface area contributed by atoms with Crippen LogP contribution >= 0.6 is 0 Å². The van der Waals surface area contributed by atoms with Crippen molar-refractivity contribution in [3.63, 3.8) is 0 Å². The van der Waals surface area contributed by atoms with Gasteiger partial charge in [0.15, 0.2) is 6.61 Å². The summed E-state index contributed by atoms with van der Waals surface area (Å²) in [7, 11) is 0. The Bertz CT molecular complexity index is 391. The second-order valence-corrected chi connectivity index (χ2v) is 4.37. The van der Waals surface area contributed by atoms with Crippen LogP contribution in [-0.4, -0.2) is 23.8 Å². The number of aromatic nitrogens is 1. The van der Waals surface area contributed by atoms with E-state index in [9.17, 15) is 13.2 Å². The van der Waals surface area contributed by atoms with Gasteiger partial charge in [0.2, 0.25) is 0 Å². The third-order valence-electron chi connectivity index (χ3n) is 2.17. The summed E-state index contributed by atoms with van der Waals surface area (Å²) < 4.78 is 41.2. The lowest BCUT2D eigenvalue weighted by Gasteiger charge is -2.15. The SMILES string of the molecule is Cc1cc(OCC(F)(F)F)c(CNC(C)C)cn1. The van der Waals surface area contributed by atoms with Gasteiger partial charge in [-0.1, -0.05) is 13.8 Å². The van der Waals surface area contributed by atoms with Crippen LogP contribution in [0.2, 0.25) is 0 Å². The Morgan fingerprint density at radius 3 is 2.61 bits per heavy atom. The number of aryl methyl sites for hydroxylation is 1. The minimum absolute atomic E-state index is 0.230. The first-order chi connectivity index (χ1) is 8.28. The van der Waals surface area contributed by atoms with Crippen LogP contribution in [0.1, 0.15) is 25.1 Å². The lowest BCUT2D eigenvalue weighted by Crippen LogP contribution is -2.24. The third kappa shape index (κ3) is 5.35. The first kappa shape index (κ1) is 14.8. The van der Waals surface area contributed by atoms with E-state index in [1.54, 1.807) is 6.92 Å². The van der Waals surface area contributed by atoms with Gasteiger partial charge < -0.3 is 10.1 Å². The van der Waals surface area contributed by atoms with Crippen molar-refractivity contribution >= 4 is 0 Å². The Morgan fingerprint density at radius 1 is 1.39 bits per heavy atom. The van der Waals surface area contributed by atoms with E-state index in [1.165, 1.54) is 12.3 Å². The van der Waals surface area contributed by atoms with Crippen molar-refractivity contribution in [3.8, 4) is 5.75 Å². The third-order valence-corrected chi connectivity index (χ3v) is 2.17. The van der Waals surface area contributed by atoms with Crippen LogP contribution in [-0.2, 0) is 6.54 Å². The molecule has 0 aliphatic rings. The van der Waals surface area contributed by atoms with Crippen LogP contribution in [0.4, 0.5) is 13.2 Å². The highest BCUT2D eigenvalue weighted by atomic mass is 19.4. The predicted octanol–water partition coefficient (Wildman–Crippen LogP) is 2.83. The van der Waals surface area contributed by atoms with Gasteiger partial charge in [-0.3, -0.25) is 4.98 Å². The standard InChI is InChI=1S/C12H17F3N2O/c1-8(2)16-5-10-6-17-9(3)4-11(10)18-7-12(13,14)15/h4,6,8,16H,5,7H2,1-3H3. The van der Waals surface area contributed by atoms with Crippen molar-refractivity contribution in [1.82, 2.24) is 10.3 Å². The molecule has 3 nitrogen and oxygen atoms in total. The number of rotatable bonds is 5. The minimum Gasteiger partial charge on any atom is -0.484 e. The quantitative estimate of drug-likeness (QED) is 0.886. The maximum absolute atomic E-state index is 12.1. The van der Waals surface area contributed by atoms with E-state index in [-0.39, 0.29) is 11.8 Å². The van der Waals surface area contributed by atoms with Crippen LogP contribution in [0.3, 0.4) is 0 Å². The molecule has 1 aromatic rings. The molecule has 6 heteroatoms. The van der Waals surface area contributed by atoms with Gasteiger partial charge in [0, 0.05) is 36.1 Å². The molecule has 1 aromatic heterocycles. The van der Waals surface area contributed by atoms with Crippen LogP contribution in [0, 0.1) is 6.92 Å². The molecule has 0 aromatic carbocycles. The van der Waals surface area contributed by atoms with Crippen molar-refractivity contribution in [2.24, 2.45) is 0 Å². The van der Waals surface area contributed by atoms with Gasteiger partial charge in [-0.05, 0) is 6.92 Å². The van der Waals surface area contributed by atoms with Crippen molar-refractivity contribution in [2.75, 3.05) is 6.61 Å². The molecule has 1 heterocycles. The van der Waals surface area contributed by atoms with Gasteiger partial charge in [-0.15, -0.1) is 0 Å². The molecule has 0 saturated carbocycles. The number of halogens is 3. The minimum atomic E-state index is -4.33. The van der Waals surface area contributed by atoms with Crippen LogP contribution in [0.5, 0.6) is 5.75 Å². The fourth-order valence-electron chi connectivity index (χ4n) is 1.30. The summed E-state index contributed by atoms with van der Waals surface area (Å²) in [4.78, 5) is 4.06. The smallest absolute Gasteiger partial charge is 0.422 e. The fourth-order valence-corrected chi connectivity index (χ4v) is 1.30. The van der Waals surface area contributed by atoms with Gasteiger partial charge in [0.1, 0.15) is 5.75 Å². The molecule has 0 amide bonds. The number of alkyl halides is 3. The molecule has 18 heavy (non-hydrogen) atoms. The van der Waals surface area contributed by atoms with E-state index < -0.39 is 12.8 Å². The first-order valence-electron chi connectivity index (χ1n) is 5.66. The number of hydrogen-bond donors (Lipinski definition) is 1. The predicted molar refractivity (Wildman–Crippen MR) is 62.5 cm³/mol. The second kappa shape index (κ2) is 6.04. The molecule has 1 N–H and O–H groups in total. The summed E-state index contributed by atoms with van der Waals surface area (Å²) in [5.74, 6) is 0.230. The molecule has 0 saturated heterocycles. The number of nitrogens with zero attached hydrogens (tertiary/aromatic N) is 1. The zero-order valence-electron chi connectivity index (χ0n) is 10.6. The van der Waals surface area contributed by atoms with Gasteiger partial charge in [0.05, 0.1) is 0 Å². The van der Waals surface area contributed by atoms with Crippen molar-refractivity contribution in [1.29, 1.82) is 0 Å². The van der Waals surface area contributed by atoms with Gasteiger partial charge in [-0.2, -0.15) is 13.2 Å². The molecule has 0 radical (unpaired) electrons. The highest BCUT2D eigenvalue weighted by molar-refractivity contribution is 5.32. The normalized spacial score (nSPS) is 11.9. The van der Waals surface area contributed by atoms with Crippen LogP contribution < -0.4 is 10.1 Å². The average molecular weight is 262 g/mol. The van der Waals surface area contributed by atoms with Crippen LogP contribution in [0.15, 0.2) is 12.3 Å². The van der Waals surface area contributed by atoms with Crippen molar-refractivity contribution < 1.29 is 17.9 Å². The number of hydrogen-bond acceptors (Lipinski definition) is 3. The summed E-state index contributed by atoms with van der Waals surface area (Å²) in [6.07, 6.45) is -2.80. The zero-order valence-corrected chi connectivity index (χ0v) is 10.6. The monoisotopic (exact) mass is 262 g/mol. The van der Waals surface area contributed by atoms with E-state index in [0.717, 1.165) is 0 Å². The summed E-state index contributed by atoms with van der Waals surface area (Å²) in [5, 5.41) is 3.12. The molecular formula is C12H17F3N2O. The molecule has 102 valence electrons. The topological polar surface area (TPSA) is 34.1 Å². The Kier molecular flexibility index (Phi) is 4.95. The summed E-state index contributed by atoms with van der Waals surface area (Å²) in [6, 6.07) is 1.75. The van der Waals surface area contributed by atoms with E-state index in [0.29, 0.717) is 17.8 Å². The number of ether oxygens (including phenoxy) is 1. The Hall–Kier alpha value is -1.30. The molecule has 0 aliphatic heterocycles. The van der Waals surface area contributed by atoms with Crippen molar-refractivity contribution in [2.45, 2.75) is 39.5 Å². The van der Waals surface area contributed by atoms with Gasteiger partial charge in [-0.25, -0.2) is 0 Å². The summed E-state index contributed by atoms with van der Waals surface area (Å²) >= 11 is 0. The Labute approximate surface area is 104 Å². The molecule has 0 fully saturated rings. The molecule has 0 aliphatic carbocycles. The van der Waals surface area contributed by atoms with E-state index >= 15 is 0 Å². The largest absolute Gasteiger partial charge is 0.484 e. The average Bonchev–Trinajstić information content (AvgIpc) is 2.23. The Morgan fingerprint density at radius 2 is 2.06 bits per heavy atom. The van der Waals surface area contributed by atoms with Crippen molar-refractivity contribution in [3.05, 3.63) is 23.5 Å². The Balaban J connectivity index is 2.76. The maximum atomic E-state index is 12.1. The van der Waals surface area contributed by atoms with Crippen LogP contribution in [0.25, 0.3) is 0 Å². The molecule has 0 unspecified atom stereocenters. The highest BCUT2D eigenvalue weighted by Crippen LogP contribution is 2.22. The lowest BCUT2D eigenvalue weighted by atomic mass is 10.2. The van der Waals surface area contributed by atoms with Gasteiger partial charge in [0.25, 0.3) is 0 Å². The van der Waals surface area contributed by atoms with E-state index in [1.807, 2.05) is 13.8 Å². The van der Waals surface area contributed by atoms with E-state index in [2.05, 4.69) is 10.3 Å². The second-order valence-electron chi connectivity index (χ2n) is 4.37. The maximum Gasteiger partial charge on any atom is 0.422 e. The molecule has 0 spiro atoms. The summed E-state index contributed by atoms with van der Waals surface area (Å²) in [6.45, 7) is 4.76. The fraction of sp³-hybridized carbons (Fsp3) is 0.583. The number of pyridine rings is 1. The zero-order chi connectivity index (χ0) is 13.8. The molecular weight excluding hydrogens is 245 g/mol. The molecule has 0 atom stereocenters. The first-order valence-corrected chi connectivity index (χ1v) is 5.66. The lowest BCUT2D eigenvalue weighted by molar-refractivity contribution is -0.153. The highest BCUT2D eigenvalue weighted by Gasteiger charge is 2.28. The number of nitrogens with one attached hydrogen (secondary N) is 1.